The third-order valence-electron chi connectivity index (χ3n) is 2.44. The molecule has 0 aromatic carbocycles. The van der Waals surface area contributed by atoms with Crippen molar-refractivity contribution in [3.05, 3.63) is 0 Å². The summed E-state index contributed by atoms with van der Waals surface area (Å²) in [5, 5.41) is 0. The number of hydrogen-bond donors (Lipinski definition) is 0. The number of rotatable bonds is 6. The fraction of sp³-hybridized carbons (Fsp3) is 0.833. The smallest absolute Gasteiger partial charge is 0.143 e. The van der Waals surface area contributed by atoms with Crippen molar-refractivity contribution in [3.63, 3.8) is 0 Å². The number of unbranched alkanes of at least 4 members (excludes halogenated alkanes) is 2. The Morgan fingerprint density at radius 3 is 2.21 bits per heavy atom. The quantitative estimate of drug-likeness (QED) is 0.373. The van der Waals surface area contributed by atoms with Gasteiger partial charge in [0.05, 0.1) is 5.92 Å². The van der Waals surface area contributed by atoms with Gasteiger partial charge in [-0.25, -0.2) is 0 Å². The highest BCUT2D eigenvalue weighted by molar-refractivity contribution is 5.93. The minimum atomic E-state index is -0.431. The standard InChI is InChI=1S/C12H22O2/c1-5-6-7-8-11(14)10(9-13)12(2,3)4/h9-10H,5-8H2,1-4H3. The predicted molar refractivity (Wildman–Crippen MR) is 58.2 cm³/mol. The zero-order chi connectivity index (χ0) is 11.2. The topological polar surface area (TPSA) is 34.1 Å². The predicted octanol–water partition coefficient (Wildman–Crippen LogP) is 3.00. The molecule has 1 atom stereocenters. The molecule has 2 heteroatoms. The maximum Gasteiger partial charge on any atom is 0.143 e. The van der Waals surface area contributed by atoms with E-state index < -0.39 is 5.92 Å². The van der Waals surface area contributed by atoms with Crippen molar-refractivity contribution in [3.8, 4) is 0 Å². The normalized spacial score (nSPS) is 13.7. The van der Waals surface area contributed by atoms with E-state index in [0.717, 1.165) is 25.5 Å². The Kier molecular flexibility index (Phi) is 5.66. The minimum absolute atomic E-state index is 0.0981. The Labute approximate surface area is 87.1 Å². The zero-order valence-electron chi connectivity index (χ0n) is 9.80. The number of aldehydes is 1. The van der Waals surface area contributed by atoms with Gasteiger partial charge in [-0.1, -0.05) is 40.5 Å². The molecule has 0 aromatic heterocycles. The van der Waals surface area contributed by atoms with Gasteiger partial charge in [-0.2, -0.15) is 0 Å². The maximum absolute atomic E-state index is 11.7. The Bertz CT molecular complexity index is 189. The first-order valence-corrected chi connectivity index (χ1v) is 5.41. The molecule has 0 amide bonds. The molecule has 1 unspecified atom stereocenters. The van der Waals surface area contributed by atoms with Gasteiger partial charge in [0.25, 0.3) is 0 Å². The first-order valence-electron chi connectivity index (χ1n) is 5.41. The molecule has 0 spiro atoms. The summed E-state index contributed by atoms with van der Waals surface area (Å²) in [5.74, 6) is -0.333. The van der Waals surface area contributed by atoms with E-state index in [9.17, 15) is 9.59 Å². The van der Waals surface area contributed by atoms with E-state index in [0.29, 0.717) is 6.42 Å². The van der Waals surface area contributed by atoms with E-state index in [1.54, 1.807) is 0 Å². The van der Waals surface area contributed by atoms with Crippen LogP contribution in [0.1, 0.15) is 53.4 Å². The average Bonchev–Trinajstić information content (AvgIpc) is 2.03. The first kappa shape index (κ1) is 13.3. The van der Waals surface area contributed by atoms with Crippen molar-refractivity contribution in [1.82, 2.24) is 0 Å². The monoisotopic (exact) mass is 198 g/mol. The van der Waals surface area contributed by atoms with Crippen LogP contribution in [0.2, 0.25) is 0 Å². The second-order valence-electron chi connectivity index (χ2n) is 4.90. The molecule has 0 aliphatic carbocycles. The van der Waals surface area contributed by atoms with Crippen LogP contribution in [0.4, 0.5) is 0 Å². The van der Waals surface area contributed by atoms with Gasteiger partial charge in [-0.3, -0.25) is 4.79 Å². The lowest BCUT2D eigenvalue weighted by Crippen LogP contribution is -2.29. The molecule has 0 aromatic rings. The molecular formula is C12H22O2. The molecule has 0 saturated heterocycles. The molecule has 82 valence electrons. The van der Waals surface area contributed by atoms with Gasteiger partial charge in [-0.05, 0) is 11.8 Å². The van der Waals surface area contributed by atoms with Crippen LogP contribution in [0, 0.1) is 11.3 Å². The summed E-state index contributed by atoms with van der Waals surface area (Å²) in [7, 11) is 0. The molecule has 0 aliphatic rings. The van der Waals surface area contributed by atoms with Crippen LogP contribution >= 0.6 is 0 Å². The highest BCUT2D eigenvalue weighted by Crippen LogP contribution is 2.26. The Morgan fingerprint density at radius 1 is 1.29 bits per heavy atom. The Hall–Kier alpha value is -0.660. The number of ketones is 1. The number of carbonyl (C=O) groups excluding carboxylic acids is 2. The van der Waals surface area contributed by atoms with Crippen LogP contribution in [0.3, 0.4) is 0 Å². The van der Waals surface area contributed by atoms with E-state index in [1.807, 2.05) is 20.8 Å². The van der Waals surface area contributed by atoms with Gasteiger partial charge < -0.3 is 4.79 Å². The lowest BCUT2D eigenvalue weighted by Gasteiger charge is -2.24. The Morgan fingerprint density at radius 2 is 1.86 bits per heavy atom. The van der Waals surface area contributed by atoms with E-state index in [4.69, 9.17) is 0 Å². The maximum atomic E-state index is 11.7. The van der Waals surface area contributed by atoms with Crippen molar-refractivity contribution in [2.75, 3.05) is 0 Å². The molecule has 0 bridgehead atoms. The van der Waals surface area contributed by atoms with E-state index in [1.165, 1.54) is 0 Å². The minimum Gasteiger partial charge on any atom is -0.303 e. The Balaban J connectivity index is 4.13. The molecule has 0 radical (unpaired) electrons. The largest absolute Gasteiger partial charge is 0.303 e. The number of hydrogen-bond acceptors (Lipinski definition) is 2. The van der Waals surface area contributed by atoms with E-state index >= 15 is 0 Å². The van der Waals surface area contributed by atoms with Crippen molar-refractivity contribution < 1.29 is 9.59 Å². The van der Waals surface area contributed by atoms with Crippen LogP contribution in [-0.2, 0) is 9.59 Å². The highest BCUT2D eigenvalue weighted by atomic mass is 16.1. The number of Topliss-reactive ketones (excluding diaryl/α,β-unsaturated/α-hetero) is 1. The van der Waals surface area contributed by atoms with E-state index in [2.05, 4.69) is 6.92 Å². The molecule has 0 saturated carbocycles. The SMILES string of the molecule is CCCCCC(=O)C(C=O)C(C)(C)C. The lowest BCUT2D eigenvalue weighted by molar-refractivity contribution is -0.131. The average molecular weight is 198 g/mol. The fourth-order valence-electron chi connectivity index (χ4n) is 1.47. The van der Waals surface area contributed by atoms with Gasteiger partial charge >= 0.3 is 0 Å². The van der Waals surface area contributed by atoms with Crippen LogP contribution in [0.25, 0.3) is 0 Å². The molecule has 0 N–H and O–H groups in total. The van der Waals surface area contributed by atoms with Crippen molar-refractivity contribution in [2.24, 2.45) is 11.3 Å². The van der Waals surface area contributed by atoms with Gasteiger partial charge in [0.2, 0.25) is 0 Å². The summed E-state index contributed by atoms with van der Waals surface area (Å²) < 4.78 is 0. The second-order valence-corrected chi connectivity index (χ2v) is 4.90. The molecule has 0 rings (SSSR count). The lowest BCUT2D eigenvalue weighted by atomic mass is 9.78. The van der Waals surface area contributed by atoms with Crippen molar-refractivity contribution >= 4 is 12.1 Å². The molecular weight excluding hydrogens is 176 g/mol. The molecule has 2 nitrogen and oxygen atoms in total. The van der Waals surface area contributed by atoms with Crippen LogP contribution < -0.4 is 0 Å². The first-order chi connectivity index (χ1) is 6.43. The summed E-state index contributed by atoms with van der Waals surface area (Å²) in [6.45, 7) is 7.91. The summed E-state index contributed by atoms with van der Waals surface area (Å²) in [6, 6.07) is 0. The highest BCUT2D eigenvalue weighted by Gasteiger charge is 2.29. The molecule has 0 heterocycles. The summed E-state index contributed by atoms with van der Waals surface area (Å²) in [4.78, 5) is 22.5. The van der Waals surface area contributed by atoms with Gasteiger partial charge in [-0.15, -0.1) is 0 Å². The summed E-state index contributed by atoms with van der Waals surface area (Å²) in [5.41, 5.74) is -0.231. The second kappa shape index (κ2) is 5.94. The van der Waals surface area contributed by atoms with Crippen molar-refractivity contribution in [2.45, 2.75) is 53.4 Å². The molecule has 0 aliphatic heterocycles. The van der Waals surface area contributed by atoms with Crippen LogP contribution in [-0.4, -0.2) is 12.1 Å². The van der Waals surface area contributed by atoms with E-state index in [-0.39, 0.29) is 11.2 Å². The van der Waals surface area contributed by atoms with Gasteiger partial charge in [0.15, 0.2) is 0 Å². The number of carbonyl (C=O) groups is 2. The molecule has 0 fully saturated rings. The molecule has 14 heavy (non-hydrogen) atoms. The summed E-state index contributed by atoms with van der Waals surface area (Å²) >= 11 is 0. The van der Waals surface area contributed by atoms with Gasteiger partial charge in [0, 0.05) is 6.42 Å². The van der Waals surface area contributed by atoms with Crippen LogP contribution in [0.5, 0.6) is 0 Å². The van der Waals surface area contributed by atoms with Crippen molar-refractivity contribution in [1.29, 1.82) is 0 Å². The van der Waals surface area contributed by atoms with Gasteiger partial charge in [0.1, 0.15) is 12.1 Å². The third-order valence-corrected chi connectivity index (χ3v) is 2.44. The zero-order valence-corrected chi connectivity index (χ0v) is 9.80. The van der Waals surface area contributed by atoms with Crippen LogP contribution in [0.15, 0.2) is 0 Å². The summed E-state index contributed by atoms with van der Waals surface area (Å²) in [6.07, 6.45) is 4.44. The third kappa shape index (κ3) is 4.54. The fourth-order valence-corrected chi connectivity index (χ4v) is 1.47.